The average Bonchev–Trinajstić information content (AvgIpc) is 2.52. The number of hydrogen-bond donors (Lipinski definition) is 1. The van der Waals surface area contributed by atoms with Gasteiger partial charge in [0.15, 0.2) is 0 Å². The zero-order valence-corrected chi connectivity index (χ0v) is 13.2. The van der Waals surface area contributed by atoms with Crippen molar-refractivity contribution in [3.63, 3.8) is 0 Å². The molecular formula is C15H20N4O4. The van der Waals surface area contributed by atoms with Crippen LogP contribution < -0.4 is 5.43 Å². The van der Waals surface area contributed by atoms with Crippen LogP contribution in [0.3, 0.4) is 0 Å². The molecule has 0 unspecified atom stereocenters. The summed E-state index contributed by atoms with van der Waals surface area (Å²) in [4.78, 5) is 20.3. The van der Waals surface area contributed by atoms with Crippen molar-refractivity contribution < 1.29 is 9.85 Å². The van der Waals surface area contributed by atoms with Crippen LogP contribution in [0, 0.1) is 26.1 Å². The molecular weight excluding hydrogens is 300 g/mol. The van der Waals surface area contributed by atoms with Gasteiger partial charge in [0.2, 0.25) is 0 Å². The number of nitrogens with zero attached hydrogens (tertiary/aromatic N) is 3. The molecule has 1 rings (SSSR count). The molecule has 8 nitrogen and oxygen atoms in total. The third-order valence-corrected chi connectivity index (χ3v) is 3.48. The first-order chi connectivity index (χ1) is 10.8. The minimum absolute atomic E-state index is 0.0894. The monoisotopic (exact) mass is 320 g/mol. The van der Waals surface area contributed by atoms with Gasteiger partial charge in [-0.3, -0.25) is 25.7 Å². The smallest absolute Gasteiger partial charge is 0.272 e. The standard InChI is InChI=1S/C15H20N4O4/c1-4-11(2)5-6-12(3)10-16-17-14-8-7-13(18(20)21)9-15(14)19(22)23/h7-11,17H,3-6H2,1-2H3/b16-10+/t11-/m0/s1. The molecule has 0 aliphatic heterocycles. The van der Waals surface area contributed by atoms with E-state index in [1.54, 1.807) is 0 Å². The first-order valence-corrected chi connectivity index (χ1v) is 7.24. The molecule has 0 aliphatic rings. The first-order valence-electron chi connectivity index (χ1n) is 7.24. The Balaban J connectivity index is 2.73. The number of allylic oxidation sites excluding steroid dienone is 1. The fourth-order valence-corrected chi connectivity index (χ4v) is 1.77. The van der Waals surface area contributed by atoms with Gasteiger partial charge in [-0.2, -0.15) is 5.10 Å². The highest BCUT2D eigenvalue weighted by Crippen LogP contribution is 2.28. The predicted molar refractivity (Wildman–Crippen MR) is 89.7 cm³/mol. The Labute approximate surface area is 134 Å². The van der Waals surface area contributed by atoms with E-state index in [2.05, 4.69) is 31.0 Å². The zero-order valence-electron chi connectivity index (χ0n) is 13.2. The maximum absolute atomic E-state index is 11.0. The van der Waals surface area contributed by atoms with Gasteiger partial charge < -0.3 is 0 Å². The number of benzene rings is 1. The summed E-state index contributed by atoms with van der Waals surface area (Å²) in [6, 6.07) is 3.34. The molecule has 23 heavy (non-hydrogen) atoms. The summed E-state index contributed by atoms with van der Waals surface area (Å²) in [5, 5.41) is 25.6. The molecule has 0 heterocycles. The number of nitro benzene ring substituents is 2. The number of anilines is 1. The fourth-order valence-electron chi connectivity index (χ4n) is 1.77. The molecule has 0 saturated carbocycles. The third-order valence-electron chi connectivity index (χ3n) is 3.48. The highest BCUT2D eigenvalue weighted by molar-refractivity contribution is 5.78. The van der Waals surface area contributed by atoms with Gasteiger partial charge in [-0.1, -0.05) is 26.8 Å². The minimum atomic E-state index is -0.692. The van der Waals surface area contributed by atoms with Crippen LogP contribution in [-0.2, 0) is 0 Å². The van der Waals surface area contributed by atoms with Gasteiger partial charge >= 0.3 is 5.69 Å². The van der Waals surface area contributed by atoms with Crippen molar-refractivity contribution in [3.05, 3.63) is 50.6 Å². The molecule has 1 N–H and O–H groups in total. The van der Waals surface area contributed by atoms with Gasteiger partial charge in [-0.25, -0.2) is 0 Å². The van der Waals surface area contributed by atoms with Crippen LogP contribution >= 0.6 is 0 Å². The molecule has 1 aromatic carbocycles. The highest BCUT2D eigenvalue weighted by Gasteiger charge is 2.19. The van der Waals surface area contributed by atoms with Gasteiger partial charge in [-0.05, 0) is 30.4 Å². The summed E-state index contributed by atoms with van der Waals surface area (Å²) in [5.41, 5.74) is 2.69. The van der Waals surface area contributed by atoms with E-state index in [0.29, 0.717) is 5.92 Å². The molecule has 8 heteroatoms. The van der Waals surface area contributed by atoms with Gasteiger partial charge in [0.05, 0.1) is 15.9 Å². The molecule has 124 valence electrons. The summed E-state index contributed by atoms with van der Waals surface area (Å²) < 4.78 is 0. The second-order valence-corrected chi connectivity index (χ2v) is 5.30. The molecule has 0 aliphatic carbocycles. The van der Waals surface area contributed by atoms with E-state index in [-0.39, 0.29) is 11.4 Å². The largest absolute Gasteiger partial charge is 0.301 e. The van der Waals surface area contributed by atoms with Gasteiger partial charge in [-0.15, -0.1) is 0 Å². The Morgan fingerprint density at radius 2 is 2.09 bits per heavy atom. The quantitative estimate of drug-likeness (QED) is 0.414. The number of non-ortho nitro benzene ring substituents is 1. The van der Waals surface area contributed by atoms with Crippen LogP contribution in [0.15, 0.2) is 35.5 Å². The number of hydrazone groups is 1. The molecule has 1 aromatic rings. The topological polar surface area (TPSA) is 111 Å². The molecule has 1 atom stereocenters. The van der Waals surface area contributed by atoms with Gasteiger partial charge in [0.1, 0.15) is 5.69 Å². The van der Waals surface area contributed by atoms with Crippen molar-refractivity contribution in [1.29, 1.82) is 0 Å². The maximum atomic E-state index is 11.0. The van der Waals surface area contributed by atoms with Crippen LogP contribution in [0.2, 0.25) is 0 Å². The number of nitro groups is 2. The Morgan fingerprint density at radius 1 is 1.39 bits per heavy atom. The molecule has 0 bridgehead atoms. The Morgan fingerprint density at radius 3 is 2.65 bits per heavy atom. The van der Waals surface area contributed by atoms with E-state index < -0.39 is 15.5 Å². The van der Waals surface area contributed by atoms with Crippen LogP contribution in [-0.4, -0.2) is 16.1 Å². The summed E-state index contributed by atoms with van der Waals surface area (Å²) in [5.74, 6) is 0.601. The molecule has 0 saturated heterocycles. The summed E-state index contributed by atoms with van der Waals surface area (Å²) in [6.07, 6.45) is 4.40. The molecule has 0 spiro atoms. The predicted octanol–water partition coefficient (Wildman–Crippen LogP) is 4.28. The molecule has 0 fully saturated rings. The lowest BCUT2D eigenvalue weighted by Crippen LogP contribution is -1.99. The van der Waals surface area contributed by atoms with E-state index >= 15 is 0 Å². The van der Waals surface area contributed by atoms with Crippen molar-refractivity contribution >= 4 is 23.3 Å². The number of nitrogens with one attached hydrogen (secondary N) is 1. The lowest BCUT2D eigenvalue weighted by molar-refractivity contribution is -0.393. The lowest BCUT2D eigenvalue weighted by atomic mass is 10.0. The minimum Gasteiger partial charge on any atom is -0.272 e. The first kappa shape index (κ1) is 18.3. The van der Waals surface area contributed by atoms with Crippen molar-refractivity contribution in [2.45, 2.75) is 33.1 Å². The summed E-state index contributed by atoms with van der Waals surface area (Å²) in [6.45, 7) is 8.15. The zero-order chi connectivity index (χ0) is 17.4. The van der Waals surface area contributed by atoms with Crippen LogP contribution in [0.25, 0.3) is 0 Å². The molecule has 0 radical (unpaired) electrons. The molecule has 0 amide bonds. The second-order valence-electron chi connectivity index (χ2n) is 5.30. The van der Waals surface area contributed by atoms with Crippen molar-refractivity contribution in [3.8, 4) is 0 Å². The lowest BCUT2D eigenvalue weighted by Gasteiger charge is -2.07. The van der Waals surface area contributed by atoms with Crippen molar-refractivity contribution in [1.82, 2.24) is 0 Å². The number of hydrogen-bond acceptors (Lipinski definition) is 6. The van der Waals surface area contributed by atoms with E-state index in [4.69, 9.17) is 0 Å². The second kappa shape index (κ2) is 8.62. The van der Waals surface area contributed by atoms with E-state index in [9.17, 15) is 20.2 Å². The van der Waals surface area contributed by atoms with Crippen molar-refractivity contribution in [2.75, 3.05) is 5.43 Å². The van der Waals surface area contributed by atoms with E-state index in [1.165, 1.54) is 18.3 Å². The summed E-state index contributed by atoms with van der Waals surface area (Å²) in [7, 11) is 0. The van der Waals surface area contributed by atoms with Gasteiger partial charge in [0, 0.05) is 12.3 Å². The Hall–Kier alpha value is -2.77. The SMILES string of the molecule is C=C(/C=N/Nc1ccc([N+](=O)[O-])cc1[N+](=O)[O-])CC[C@@H](C)CC. The Kier molecular flexibility index (Phi) is 6.85. The fraction of sp³-hybridized carbons (Fsp3) is 0.400. The average molecular weight is 320 g/mol. The van der Waals surface area contributed by atoms with Crippen LogP contribution in [0.5, 0.6) is 0 Å². The molecule has 0 aromatic heterocycles. The van der Waals surface area contributed by atoms with E-state index in [0.717, 1.165) is 30.9 Å². The Bertz CT molecular complexity index is 628. The van der Waals surface area contributed by atoms with Crippen LogP contribution in [0.1, 0.15) is 33.1 Å². The normalized spacial score (nSPS) is 12.1. The third kappa shape index (κ3) is 5.85. The summed E-state index contributed by atoms with van der Waals surface area (Å²) >= 11 is 0. The van der Waals surface area contributed by atoms with Gasteiger partial charge in [0.25, 0.3) is 5.69 Å². The van der Waals surface area contributed by atoms with Crippen LogP contribution in [0.4, 0.5) is 17.1 Å². The number of rotatable bonds is 9. The maximum Gasteiger partial charge on any atom is 0.301 e. The highest BCUT2D eigenvalue weighted by atomic mass is 16.6. The van der Waals surface area contributed by atoms with Crippen molar-refractivity contribution in [2.24, 2.45) is 11.0 Å². The van der Waals surface area contributed by atoms with E-state index in [1.807, 2.05) is 0 Å².